The standard InChI is InChI=1S/C25H25N3O.C23H23N3O.C2H6/c1-15-10-18-11-23(19-13-26-14-19)28-24(18)12-22(15)25(29)27-16(2)20-9-5-7-17-6-3-4-8-21(17)20;1-14-10-17-11-18(13-24)26-22(17)12-21(14)23(27)25-15(2)19-9-5-7-16-6-3-4-8-20(16)19;1-2/h3-12,16,19,26,28H,13-14H2,1-2H3,(H,27,29);3-12,15,26H,13,24H2,1-2H3,(H,25,27);1-2H3. The quantitative estimate of drug-likeness (QED) is 0.0919. The first-order chi connectivity index (χ1) is 28.2. The number of aromatic amines is 2. The second-order valence-electron chi connectivity index (χ2n) is 15.1. The maximum atomic E-state index is 13.1. The molecule has 2 atom stereocenters. The van der Waals surface area contributed by atoms with E-state index < -0.39 is 0 Å². The molecular weight excluding hydrogens is 717 g/mol. The summed E-state index contributed by atoms with van der Waals surface area (Å²) in [5.74, 6) is 0.441. The summed E-state index contributed by atoms with van der Waals surface area (Å²) >= 11 is 0. The molecule has 9 rings (SSSR count). The van der Waals surface area contributed by atoms with Gasteiger partial charge in [-0.25, -0.2) is 0 Å². The van der Waals surface area contributed by atoms with E-state index in [1.165, 1.54) is 27.2 Å². The average Bonchev–Trinajstić information content (AvgIpc) is 3.82. The van der Waals surface area contributed by atoms with Crippen LogP contribution in [0.4, 0.5) is 0 Å². The van der Waals surface area contributed by atoms with Crippen LogP contribution in [0.15, 0.2) is 121 Å². The van der Waals surface area contributed by atoms with E-state index in [2.05, 4.69) is 86.6 Å². The monoisotopic (exact) mass is 770 g/mol. The minimum atomic E-state index is -0.0954. The SMILES string of the molecule is CC.Cc1cc2cc(C3CNC3)[nH]c2cc1C(=O)NC(C)c1cccc2ccccc12.Cc1cc2cc(CN)[nH]c2cc1C(=O)NC(C)c1cccc2ccccc12. The first kappa shape index (κ1) is 40.0. The molecule has 2 amide bonds. The Morgan fingerprint density at radius 2 is 1.09 bits per heavy atom. The first-order valence-corrected chi connectivity index (χ1v) is 20.4. The molecule has 0 bridgehead atoms. The second kappa shape index (κ2) is 17.5. The van der Waals surface area contributed by atoms with Gasteiger partial charge in [0.15, 0.2) is 0 Å². The summed E-state index contributed by atoms with van der Waals surface area (Å²) in [5, 5.41) is 16.6. The molecule has 1 saturated heterocycles. The number of fused-ring (bicyclic) bond motifs is 4. The lowest BCUT2D eigenvalue weighted by Gasteiger charge is -2.25. The van der Waals surface area contributed by atoms with Crippen LogP contribution >= 0.6 is 0 Å². The molecule has 0 aliphatic carbocycles. The van der Waals surface area contributed by atoms with Crippen molar-refractivity contribution in [3.05, 3.63) is 166 Å². The van der Waals surface area contributed by atoms with Gasteiger partial charge in [0.05, 0.1) is 12.1 Å². The highest BCUT2D eigenvalue weighted by Crippen LogP contribution is 2.29. The molecule has 1 fully saturated rings. The number of nitrogens with two attached hydrogens (primary N) is 1. The van der Waals surface area contributed by atoms with Crippen LogP contribution in [0.5, 0.6) is 0 Å². The Morgan fingerprint density at radius 1 is 0.621 bits per heavy atom. The molecule has 296 valence electrons. The van der Waals surface area contributed by atoms with Crippen LogP contribution in [0.2, 0.25) is 0 Å². The number of carbonyl (C=O) groups is 2. The Kier molecular flexibility index (Phi) is 12.1. The normalized spacial score (nSPS) is 13.6. The van der Waals surface area contributed by atoms with E-state index in [0.717, 1.165) is 68.4 Å². The zero-order valence-electron chi connectivity index (χ0n) is 34.3. The van der Waals surface area contributed by atoms with Crippen molar-refractivity contribution >= 4 is 55.2 Å². The smallest absolute Gasteiger partial charge is 0.252 e. The zero-order chi connectivity index (χ0) is 40.9. The molecule has 2 aromatic heterocycles. The molecule has 7 N–H and O–H groups in total. The van der Waals surface area contributed by atoms with Crippen LogP contribution in [0, 0.1) is 13.8 Å². The van der Waals surface area contributed by atoms with Gasteiger partial charge in [-0.1, -0.05) is 98.8 Å². The van der Waals surface area contributed by atoms with Gasteiger partial charge >= 0.3 is 0 Å². The van der Waals surface area contributed by atoms with Crippen LogP contribution in [0.3, 0.4) is 0 Å². The molecule has 8 heteroatoms. The number of benzene rings is 6. The van der Waals surface area contributed by atoms with Crippen molar-refractivity contribution in [3.63, 3.8) is 0 Å². The van der Waals surface area contributed by atoms with Crippen molar-refractivity contribution < 1.29 is 9.59 Å². The highest BCUT2D eigenvalue weighted by molar-refractivity contribution is 6.01. The lowest BCUT2D eigenvalue weighted by Crippen LogP contribution is -2.40. The number of nitrogens with one attached hydrogen (secondary N) is 5. The Labute approximate surface area is 340 Å². The Balaban J connectivity index is 0.000000170. The van der Waals surface area contributed by atoms with Crippen LogP contribution in [0.25, 0.3) is 43.4 Å². The molecule has 1 aliphatic heterocycles. The highest BCUT2D eigenvalue weighted by atomic mass is 16.2. The number of aromatic nitrogens is 2. The Hall–Kier alpha value is -6.22. The van der Waals surface area contributed by atoms with Crippen molar-refractivity contribution in [2.24, 2.45) is 5.73 Å². The molecule has 0 spiro atoms. The van der Waals surface area contributed by atoms with Crippen LogP contribution in [0.1, 0.15) is 100 Å². The van der Waals surface area contributed by atoms with E-state index in [9.17, 15) is 9.59 Å². The average molecular weight is 771 g/mol. The number of hydrogen-bond donors (Lipinski definition) is 6. The third-order valence-corrected chi connectivity index (χ3v) is 11.2. The maximum Gasteiger partial charge on any atom is 0.252 e. The lowest BCUT2D eigenvalue weighted by molar-refractivity contribution is 0.0931. The van der Waals surface area contributed by atoms with Gasteiger partial charge in [-0.3, -0.25) is 9.59 Å². The molecule has 0 saturated carbocycles. The molecule has 2 unspecified atom stereocenters. The van der Waals surface area contributed by atoms with Crippen LogP contribution in [-0.2, 0) is 6.54 Å². The van der Waals surface area contributed by atoms with Gasteiger partial charge in [-0.05, 0) is 119 Å². The topological polar surface area (TPSA) is 128 Å². The summed E-state index contributed by atoms with van der Waals surface area (Å²) in [6.45, 7) is 14.5. The largest absolute Gasteiger partial charge is 0.358 e. The molecule has 8 nitrogen and oxygen atoms in total. The number of H-pyrrole nitrogens is 2. The number of carbonyl (C=O) groups excluding carboxylic acids is 2. The molecule has 6 aromatic carbocycles. The summed E-state index contributed by atoms with van der Waals surface area (Å²) in [6.07, 6.45) is 0. The summed E-state index contributed by atoms with van der Waals surface area (Å²) < 4.78 is 0. The van der Waals surface area contributed by atoms with Gasteiger partial charge < -0.3 is 31.7 Å². The fourth-order valence-electron chi connectivity index (χ4n) is 7.96. The number of rotatable bonds is 8. The van der Waals surface area contributed by atoms with E-state index >= 15 is 0 Å². The third kappa shape index (κ3) is 8.26. The number of amides is 2. The number of aryl methyl sites for hydroxylation is 2. The van der Waals surface area contributed by atoms with E-state index in [4.69, 9.17) is 5.73 Å². The fourth-order valence-corrected chi connectivity index (χ4v) is 7.96. The van der Waals surface area contributed by atoms with Gasteiger partial charge in [0.1, 0.15) is 0 Å². The molecule has 0 radical (unpaired) electrons. The van der Waals surface area contributed by atoms with E-state index in [1.54, 1.807) is 0 Å². The minimum absolute atomic E-state index is 0.0358. The predicted octanol–water partition coefficient (Wildman–Crippen LogP) is 10.4. The first-order valence-electron chi connectivity index (χ1n) is 20.4. The molecule has 8 aromatic rings. The summed E-state index contributed by atoms with van der Waals surface area (Å²) in [4.78, 5) is 32.8. The highest BCUT2D eigenvalue weighted by Gasteiger charge is 2.22. The van der Waals surface area contributed by atoms with E-state index in [1.807, 2.05) is 102 Å². The van der Waals surface area contributed by atoms with Crippen molar-refractivity contribution in [2.75, 3.05) is 13.1 Å². The maximum absolute atomic E-state index is 13.1. The summed E-state index contributed by atoms with van der Waals surface area (Å²) in [7, 11) is 0. The number of hydrogen-bond acceptors (Lipinski definition) is 4. The Morgan fingerprint density at radius 3 is 1.57 bits per heavy atom. The molecular formula is C50H54N6O2. The van der Waals surface area contributed by atoms with Gasteiger partial charge in [-0.15, -0.1) is 0 Å². The van der Waals surface area contributed by atoms with Crippen LogP contribution < -0.4 is 21.7 Å². The Bertz CT molecular complexity index is 2730. The predicted molar refractivity (Wildman–Crippen MR) is 241 cm³/mol. The molecule has 1 aliphatic rings. The fraction of sp³-hybridized carbons (Fsp3) is 0.240. The second-order valence-corrected chi connectivity index (χ2v) is 15.1. The van der Waals surface area contributed by atoms with Gasteiger partial charge in [0.2, 0.25) is 0 Å². The zero-order valence-corrected chi connectivity index (χ0v) is 34.3. The van der Waals surface area contributed by atoms with E-state index in [0.29, 0.717) is 18.0 Å². The van der Waals surface area contributed by atoms with Gasteiger partial charge in [-0.2, -0.15) is 0 Å². The van der Waals surface area contributed by atoms with Crippen molar-refractivity contribution in [1.29, 1.82) is 0 Å². The lowest BCUT2D eigenvalue weighted by atomic mass is 9.98. The minimum Gasteiger partial charge on any atom is -0.358 e. The van der Waals surface area contributed by atoms with E-state index in [-0.39, 0.29) is 23.9 Å². The van der Waals surface area contributed by atoms with Crippen molar-refractivity contribution in [2.45, 2.75) is 66.1 Å². The van der Waals surface area contributed by atoms with Crippen LogP contribution in [-0.4, -0.2) is 34.9 Å². The summed E-state index contributed by atoms with van der Waals surface area (Å²) in [6, 6.07) is 41.1. The van der Waals surface area contributed by atoms with Gasteiger partial charge in [0.25, 0.3) is 11.8 Å². The van der Waals surface area contributed by atoms with Gasteiger partial charge in [0, 0.05) is 59.1 Å². The molecule has 58 heavy (non-hydrogen) atoms. The van der Waals surface area contributed by atoms with Crippen molar-refractivity contribution in [3.8, 4) is 0 Å². The molecule has 3 heterocycles. The third-order valence-electron chi connectivity index (χ3n) is 11.2. The summed E-state index contributed by atoms with van der Waals surface area (Å²) in [5.41, 5.74) is 15.5. The van der Waals surface area contributed by atoms with Crippen molar-refractivity contribution in [1.82, 2.24) is 25.9 Å².